The maximum absolute atomic E-state index is 9.18. The Labute approximate surface area is 93.2 Å². The summed E-state index contributed by atoms with van der Waals surface area (Å²) >= 11 is 0. The molecule has 0 bridgehead atoms. The third kappa shape index (κ3) is 4.49. The SMILES string of the molecule is COCC(C)CNCC1CCCC1CO. The second-order valence-electron chi connectivity index (χ2n) is 4.85. The number of nitrogens with one attached hydrogen (secondary N) is 1. The molecule has 0 aromatic heterocycles. The van der Waals surface area contributed by atoms with Gasteiger partial charge in [0.2, 0.25) is 0 Å². The average molecular weight is 215 g/mol. The third-order valence-electron chi connectivity index (χ3n) is 3.40. The lowest BCUT2D eigenvalue weighted by Crippen LogP contribution is -2.31. The van der Waals surface area contributed by atoms with Gasteiger partial charge in [0.1, 0.15) is 0 Å². The van der Waals surface area contributed by atoms with Gasteiger partial charge in [-0.15, -0.1) is 0 Å². The smallest absolute Gasteiger partial charge is 0.0499 e. The zero-order valence-electron chi connectivity index (χ0n) is 10.0. The lowest BCUT2D eigenvalue weighted by atomic mass is 9.97. The van der Waals surface area contributed by atoms with Crippen molar-refractivity contribution in [2.75, 3.05) is 33.4 Å². The summed E-state index contributed by atoms with van der Waals surface area (Å²) in [6.45, 7) is 5.44. The second-order valence-corrected chi connectivity index (χ2v) is 4.85. The standard InChI is InChI=1S/C12H25NO2/c1-10(9-15-2)6-13-7-11-4-3-5-12(11)8-14/h10-14H,3-9H2,1-2H3. The molecule has 1 fully saturated rings. The van der Waals surface area contributed by atoms with E-state index in [-0.39, 0.29) is 0 Å². The molecule has 90 valence electrons. The monoisotopic (exact) mass is 215 g/mol. The van der Waals surface area contributed by atoms with Crippen LogP contribution in [0.2, 0.25) is 0 Å². The van der Waals surface area contributed by atoms with Crippen molar-refractivity contribution >= 4 is 0 Å². The van der Waals surface area contributed by atoms with Gasteiger partial charge in [0.25, 0.3) is 0 Å². The summed E-state index contributed by atoms with van der Waals surface area (Å²) in [5.74, 6) is 1.80. The van der Waals surface area contributed by atoms with E-state index in [9.17, 15) is 5.11 Å². The van der Waals surface area contributed by atoms with Gasteiger partial charge in [-0.3, -0.25) is 0 Å². The largest absolute Gasteiger partial charge is 0.396 e. The molecule has 1 aliphatic rings. The minimum atomic E-state index is 0.361. The summed E-state index contributed by atoms with van der Waals surface area (Å²) in [7, 11) is 1.75. The van der Waals surface area contributed by atoms with Gasteiger partial charge in [0.05, 0.1) is 0 Å². The summed E-state index contributed by atoms with van der Waals surface area (Å²) in [5, 5.41) is 12.7. The Hall–Kier alpha value is -0.120. The van der Waals surface area contributed by atoms with E-state index < -0.39 is 0 Å². The Kier molecular flexibility index (Phi) is 6.22. The molecule has 0 amide bonds. The van der Waals surface area contributed by atoms with Crippen LogP contribution in [0.15, 0.2) is 0 Å². The molecule has 0 aliphatic heterocycles. The van der Waals surface area contributed by atoms with Gasteiger partial charge in [-0.2, -0.15) is 0 Å². The highest BCUT2D eigenvalue weighted by molar-refractivity contribution is 4.78. The first-order chi connectivity index (χ1) is 7.27. The third-order valence-corrected chi connectivity index (χ3v) is 3.40. The van der Waals surface area contributed by atoms with Crippen LogP contribution in [-0.4, -0.2) is 38.5 Å². The topological polar surface area (TPSA) is 41.5 Å². The molecule has 0 aromatic rings. The van der Waals surface area contributed by atoms with Crippen molar-refractivity contribution in [3.63, 3.8) is 0 Å². The molecule has 3 nitrogen and oxygen atoms in total. The quantitative estimate of drug-likeness (QED) is 0.672. The number of rotatable bonds is 7. The van der Waals surface area contributed by atoms with Crippen LogP contribution < -0.4 is 5.32 Å². The summed E-state index contributed by atoms with van der Waals surface area (Å²) in [6.07, 6.45) is 3.76. The first kappa shape index (κ1) is 12.9. The Morgan fingerprint density at radius 3 is 2.80 bits per heavy atom. The van der Waals surface area contributed by atoms with E-state index in [1.165, 1.54) is 19.3 Å². The predicted molar refractivity (Wildman–Crippen MR) is 61.8 cm³/mol. The fourth-order valence-corrected chi connectivity index (χ4v) is 2.48. The van der Waals surface area contributed by atoms with Crippen molar-refractivity contribution in [1.82, 2.24) is 5.32 Å². The molecule has 0 spiro atoms. The van der Waals surface area contributed by atoms with Gasteiger partial charge in [-0.1, -0.05) is 13.3 Å². The summed E-state index contributed by atoms with van der Waals surface area (Å²) in [4.78, 5) is 0. The second kappa shape index (κ2) is 7.20. The van der Waals surface area contributed by atoms with Crippen molar-refractivity contribution in [3.8, 4) is 0 Å². The number of aliphatic hydroxyl groups excluding tert-OH is 1. The molecule has 0 heterocycles. The normalized spacial score (nSPS) is 28.2. The fraction of sp³-hybridized carbons (Fsp3) is 1.00. The molecule has 1 rings (SSSR count). The maximum atomic E-state index is 9.18. The average Bonchev–Trinajstić information content (AvgIpc) is 2.66. The van der Waals surface area contributed by atoms with Gasteiger partial charge < -0.3 is 15.2 Å². The number of hydrogen-bond acceptors (Lipinski definition) is 3. The highest BCUT2D eigenvalue weighted by Crippen LogP contribution is 2.30. The minimum Gasteiger partial charge on any atom is -0.396 e. The minimum absolute atomic E-state index is 0.361. The number of aliphatic hydroxyl groups is 1. The zero-order chi connectivity index (χ0) is 11.1. The molecule has 0 radical (unpaired) electrons. The zero-order valence-corrected chi connectivity index (χ0v) is 10.0. The highest BCUT2D eigenvalue weighted by Gasteiger charge is 2.25. The number of ether oxygens (including phenoxy) is 1. The summed E-state index contributed by atoms with van der Waals surface area (Å²) in [6, 6.07) is 0. The molecule has 3 heteroatoms. The lowest BCUT2D eigenvalue weighted by molar-refractivity contribution is 0.155. The lowest BCUT2D eigenvalue weighted by Gasteiger charge is -2.19. The van der Waals surface area contributed by atoms with Gasteiger partial charge in [0, 0.05) is 20.3 Å². The first-order valence-corrected chi connectivity index (χ1v) is 6.08. The van der Waals surface area contributed by atoms with E-state index in [0.29, 0.717) is 24.4 Å². The van der Waals surface area contributed by atoms with E-state index in [1.807, 2.05) is 0 Å². The first-order valence-electron chi connectivity index (χ1n) is 6.08. The summed E-state index contributed by atoms with van der Waals surface area (Å²) in [5.41, 5.74) is 0. The van der Waals surface area contributed by atoms with Crippen molar-refractivity contribution < 1.29 is 9.84 Å². The molecular formula is C12H25NO2. The van der Waals surface area contributed by atoms with E-state index >= 15 is 0 Å². The Morgan fingerprint density at radius 1 is 1.40 bits per heavy atom. The van der Waals surface area contributed by atoms with E-state index in [4.69, 9.17) is 4.74 Å². The predicted octanol–water partition coefficient (Wildman–Crippen LogP) is 1.27. The Bertz CT molecular complexity index is 164. The van der Waals surface area contributed by atoms with Crippen molar-refractivity contribution in [1.29, 1.82) is 0 Å². The summed E-state index contributed by atoms with van der Waals surface area (Å²) < 4.78 is 5.09. The van der Waals surface area contributed by atoms with Crippen LogP contribution in [-0.2, 0) is 4.74 Å². The van der Waals surface area contributed by atoms with Crippen LogP contribution in [0, 0.1) is 17.8 Å². The van der Waals surface area contributed by atoms with Crippen molar-refractivity contribution in [2.24, 2.45) is 17.8 Å². The molecule has 1 aliphatic carbocycles. The molecule has 3 unspecified atom stereocenters. The van der Waals surface area contributed by atoms with Crippen LogP contribution in [0.5, 0.6) is 0 Å². The molecule has 2 N–H and O–H groups in total. The van der Waals surface area contributed by atoms with E-state index in [0.717, 1.165) is 19.7 Å². The van der Waals surface area contributed by atoms with Crippen LogP contribution in [0.4, 0.5) is 0 Å². The van der Waals surface area contributed by atoms with Crippen molar-refractivity contribution in [2.45, 2.75) is 26.2 Å². The van der Waals surface area contributed by atoms with E-state index in [2.05, 4.69) is 12.2 Å². The molecule has 0 saturated heterocycles. The van der Waals surface area contributed by atoms with Gasteiger partial charge in [0.15, 0.2) is 0 Å². The van der Waals surface area contributed by atoms with Crippen LogP contribution >= 0.6 is 0 Å². The van der Waals surface area contributed by atoms with Crippen LogP contribution in [0.1, 0.15) is 26.2 Å². The Balaban J connectivity index is 2.08. The molecule has 15 heavy (non-hydrogen) atoms. The number of methoxy groups -OCH3 is 1. The fourth-order valence-electron chi connectivity index (χ4n) is 2.48. The molecule has 1 saturated carbocycles. The van der Waals surface area contributed by atoms with Gasteiger partial charge >= 0.3 is 0 Å². The van der Waals surface area contributed by atoms with Gasteiger partial charge in [-0.05, 0) is 43.7 Å². The Morgan fingerprint density at radius 2 is 2.13 bits per heavy atom. The van der Waals surface area contributed by atoms with E-state index in [1.54, 1.807) is 7.11 Å². The van der Waals surface area contributed by atoms with Crippen LogP contribution in [0.3, 0.4) is 0 Å². The van der Waals surface area contributed by atoms with Crippen LogP contribution in [0.25, 0.3) is 0 Å². The van der Waals surface area contributed by atoms with Crippen molar-refractivity contribution in [3.05, 3.63) is 0 Å². The molecular weight excluding hydrogens is 190 g/mol. The molecule has 3 atom stereocenters. The highest BCUT2D eigenvalue weighted by atomic mass is 16.5. The maximum Gasteiger partial charge on any atom is 0.0499 e. The number of hydrogen-bond donors (Lipinski definition) is 2. The molecule has 0 aromatic carbocycles. The van der Waals surface area contributed by atoms with Gasteiger partial charge in [-0.25, -0.2) is 0 Å².